The van der Waals surface area contributed by atoms with Gasteiger partial charge in [0.05, 0.1) is 26.0 Å². The van der Waals surface area contributed by atoms with Crippen LogP contribution in [0.3, 0.4) is 0 Å². The van der Waals surface area contributed by atoms with E-state index in [9.17, 15) is 30.6 Å². The van der Waals surface area contributed by atoms with Crippen molar-refractivity contribution >= 4 is 12.6 Å². The lowest BCUT2D eigenvalue weighted by Crippen LogP contribution is -2.67. The molecule has 0 aromatic heterocycles. The molecule has 13 heteroatoms. The lowest BCUT2D eigenvalue weighted by molar-refractivity contribution is -0.346. The van der Waals surface area contributed by atoms with Crippen molar-refractivity contribution < 1.29 is 54.3 Å². The van der Waals surface area contributed by atoms with Gasteiger partial charge in [-0.3, -0.25) is 5.32 Å². The van der Waals surface area contributed by atoms with Gasteiger partial charge in [-0.25, -0.2) is 0 Å². The van der Waals surface area contributed by atoms with Crippen molar-refractivity contribution in [2.24, 2.45) is 0 Å². The zero-order valence-electron chi connectivity index (χ0n) is 18.1. The van der Waals surface area contributed by atoms with E-state index in [4.69, 9.17) is 23.7 Å². The van der Waals surface area contributed by atoms with Gasteiger partial charge in [-0.2, -0.15) is 12.6 Å². The maximum atomic E-state index is 10.8. The smallest absolute Gasteiger partial charge is 0.187 e. The molecule has 190 valence electrons. The molecule has 0 aromatic carbocycles. The minimum absolute atomic E-state index is 0.0542. The molecule has 10 unspecified atom stereocenters. The van der Waals surface area contributed by atoms with Gasteiger partial charge in [-0.1, -0.05) is 6.42 Å². The summed E-state index contributed by atoms with van der Waals surface area (Å²) in [4.78, 5) is 0. The lowest BCUT2D eigenvalue weighted by Gasteiger charge is -2.47. The number of nitrogens with one attached hydrogen (secondary N) is 1. The molecular weight excluding hydrogens is 450 g/mol. The molecule has 2 aliphatic heterocycles. The maximum Gasteiger partial charge on any atom is 0.187 e. The van der Waals surface area contributed by atoms with Gasteiger partial charge in [-0.15, -0.1) is 0 Å². The zero-order chi connectivity index (χ0) is 23.7. The molecule has 12 nitrogen and oxygen atoms in total. The van der Waals surface area contributed by atoms with Gasteiger partial charge in [-0.05, 0) is 18.6 Å². The number of rotatable bonds is 13. The molecule has 7 N–H and O–H groups in total. The summed E-state index contributed by atoms with van der Waals surface area (Å²) in [5, 5.41) is 63.2. The minimum atomic E-state index is -1.65. The predicted octanol–water partition coefficient (Wildman–Crippen LogP) is -3.07. The molecule has 0 bridgehead atoms. The maximum absolute atomic E-state index is 10.8. The SMILES string of the molecule is COCNC1C(OCCCCCS)OC(CO)C(O)C1OC1OC(CO)C(O)C(O)C1O. The third kappa shape index (κ3) is 7.18. The van der Waals surface area contributed by atoms with E-state index in [2.05, 4.69) is 17.9 Å². The number of thiol groups is 1. The van der Waals surface area contributed by atoms with E-state index < -0.39 is 74.6 Å². The number of aliphatic hydroxyl groups is 6. The van der Waals surface area contributed by atoms with E-state index >= 15 is 0 Å². The second-order valence-electron chi connectivity index (χ2n) is 7.83. The quantitative estimate of drug-likeness (QED) is 0.0747. The fourth-order valence-corrected chi connectivity index (χ4v) is 3.92. The number of hydrogen-bond donors (Lipinski definition) is 8. The minimum Gasteiger partial charge on any atom is -0.394 e. The molecule has 2 rings (SSSR count). The topological polar surface area (TPSA) is 180 Å². The third-order valence-electron chi connectivity index (χ3n) is 5.54. The van der Waals surface area contributed by atoms with Crippen LogP contribution in [0.25, 0.3) is 0 Å². The molecule has 2 fully saturated rings. The van der Waals surface area contributed by atoms with Crippen LogP contribution in [0, 0.1) is 0 Å². The lowest BCUT2D eigenvalue weighted by atomic mass is 9.95. The van der Waals surface area contributed by atoms with E-state index in [0.29, 0.717) is 6.61 Å². The van der Waals surface area contributed by atoms with Crippen molar-refractivity contribution in [2.75, 3.05) is 39.4 Å². The molecule has 2 saturated heterocycles. The van der Waals surface area contributed by atoms with Crippen molar-refractivity contribution in [2.45, 2.75) is 80.6 Å². The number of hydrogen-bond acceptors (Lipinski definition) is 13. The van der Waals surface area contributed by atoms with Crippen molar-refractivity contribution in [1.82, 2.24) is 5.32 Å². The van der Waals surface area contributed by atoms with Gasteiger partial charge in [0.1, 0.15) is 42.7 Å². The van der Waals surface area contributed by atoms with Gasteiger partial charge in [0.25, 0.3) is 0 Å². The summed E-state index contributed by atoms with van der Waals surface area (Å²) in [6.07, 6.45) is -9.36. The monoisotopic (exact) mass is 487 g/mol. The van der Waals surface area contributed by atoms with Crippen LogP contribution >= 0.6 is 12.6 Å². The summed E-state index contributed by atoms with van der Waals surface area (Å²) >= 11 is 4.18. The summed E-state index contributed by atoms with van der Waals surface area (Å²) in [5.41, 5.74) is 0. The Labute approximate surface area is 192 Å². The van der Waals surface area contributed by atoms with Gasteiger partial charge < -0.3 is 54.3 Å². The first-order valence-electron chi connectivity index (χ1n) is 10.7. The summed E-state index contributed by atoms with van der Waals surface area (Å²) < 4.78 is 27.9. The molecule has 0 amide bonds. The Hall–Kier alpha value is -0.130. The molecule has 0 aromatic rings. The first-order chi connectivity index (χ1) is 15.4. The Morgan fingerprint density at radius 2 is 1.50 bits per heavy atom. The summed E-state index contributed by atoms with van der Waals surface area (Å²) in [6.45, 7) is -0.737. The zero-order valence-corrected chi connectivity index (χ0v) is 19.0. The third-order valence-corrected chi connectivity index (χ3v) is 5.86. The highest BCUT2D eigenvalue weighted by molar-refractivity contribution is 7.80. The molecule has 0 spiro atoms. The molecule has 2 heterocycles. The molecule has 32 heavy (non-hydrogen) atoms. The average Bonchev–Trinajstić information content (AvgIpc) is 2.80. The van der Waals surface area contributed by atoms with E-state index in [-0.39, 0.29) is 6.73 Å². The average molecular weight is 488 g/mol. The van der Waals surface area contributed by atoms with Crippen LogP contribution in [0.5, 0.6) is 0 Å². The summed E-state index contributed by atoms with van der Waals surface area (Å²) in [5.74, 6) is 0.770. The number of aliphatic hydroxyl groups excluding tert-OH is 6. The fraction of sp³-hybridized carbons (Fsp3) is 1.00. The number of unbranched alkanes of at least 4 members (excludes halogenated alkanes) is 2. The van der Waals surface area contributed by atoms with Crippen molar-refractivity contribution in [3.05, 3.63) is 0 Å². The molecule has 0 radical (unpaired) electrons. The highest BCUT2D eigenvalue weighted by atomic mass is 32.1. The Morgan fingerprint density at radius 1 is 0.844 bits per heavy atom. The largest absolute Gasteiger partial charge is 0.394 e. The van der Waals surface area contributed by atoms with E-state index in [1.807, 2.05) is 0 Å². The normalized spacial score (nSPS) is 40.5. The second-order valence-corrected chi connectivity index (χ2v) is 8.28. The molecule has 10 atom stereocenters. The van der Waals surface area contributed by atoms with Crippen molar-refractivity contribution in [1.29, 1.82) is 0 Å². The molecule has 2 aliphatic rings. The van der Waals surface area contributed by atoms with E-state index in [1.54, 1.807) is 0 Å². The number of methoxy groups -OCH3 is 1. The van der Waals surface area contributed by atoms with Crippen LogP contribution in [-0.2, 0) is 23.7 Å². The molecule has 0 saturated carbocycles. The Morgan fingerprint density at radius 3 is 2.12 bits per heavy atom. The second kappa shape index (κ2) is 14.3. The van der Waals surface area contributed by atoms with Crippen LogP contribution in [0.15, 0.2) is 0 Å². The summed E-state index contributed by atoms with van der Waals surface area (Å²) in [6, 6.07) is -0.801. The highest BCUT2D eigenvalue weighted by Gasteiger charge is 2.51. The summed E-state index contributed by atoms with van der Waals surface area (Å²) in [7, 11) is 1.46. The molecular formula is C19H37NO11S. The van der Waals surface area contributed by atoms with Crippen LogP contribution in [0.4, 0.5) is 0 Å². The van der Waals surface area contributed by atoms with Crippen molar-refractivity contribution in [3.63, 3.8) is 0 Å². The van der Waals surface area contributed by atoms with Crippen molar-refractivity contribution in [3.8, 4) is 0 Å². The fourth-order valence-electron chi connectivity index (χ4n) is 3.69. The Balaban J connectivity index is 2.16. The number of ether oxygens (including phenoxy) is 5. The Kier molecular flexibility index (Phi) is 12.6. The van der Waals surface area contributed by atoms with Gasteiger partial charge >= 0.3 is 0 Å². The van der Waals surface area contributed by atoms with Crippen LogP contribution in [-0.4, -0.2) is 131 Å². The van der Waals surface area contributed by atoms with Crippen LogP contribution < -0.4 is 5.32 Å². The van der Waals surface area contributed by atoms with Gasteiger partial charge in [0.15, 0.2) is 12.6 Å². The Bertz CT molecular complexity index is 520. The van der Waals surface area contributed by atoms with Crippen LogP contribution in [0.1, 0.15) is 19.3 Å². The molecule has 0 aliphatic carbocycles. The van der Waals surface area contributed by atoms with Crippen LogP contribution in [0.2, 0.25) is 0 Å². The first kappa shape index (κ1) is 28.1. The van der Waals surface area contributed by atoms with Gasteiger partial charge in [0, 0.05) is 13.7 Å². The van der Waals surface area contributed by atoms with E-state index in [1.165, 1.54) is 7.11 Å². The van der Waals surface area contributed by atoms with Gasteiger partial charge in [0.2, 0.25) is 0 Å². The highest BCUT2D eigenvalue weighted by Crippen LogP contribution is 2.29. The standard InChI is InChI=1S/C19H37NO11S/c1-27-9-20-12-17(31-19-16(26)15(25)13(23)10(7-21)30-19)14(24)11(8-22)29-18(12)28-5-3-2-4-6-32/h10-26,32H,2-9H2,1H3. The van der Waals surface area contributed by atoms with E-state index in [0.717, 1.165) is 25.0 Å². The first-order valence-corrected chi connectivity index (χ1v) is 11.4. The predicted molar refractivity (Wildman–Crippen MR) is 113 cm³/mol.